The zero-order valence-corrected chi connectivity index (χ0v) is 14.1. The Morgan fingerprint density at radius 1 is 0.909 bits per heavy atom. The molecule has 22 heavy (non-hydrogen) atoms. The highest BCUT2D eigenvalue weighted by Crippen LogP contribution is 2.18. The van der Waals surface area contributed by atoms with Crippen molar-refractivity contribution in [1.82, 2.24) is 0 Å². The Labute approximate surface area is 133 Å². The Bertz CT molecular complexity index is 306. The molecule has 0 amide bonds. The van der Waals surface area contributed by atoms with Gasteiger partial charge in [0.15, 0.2) is 0 Å². The lowest BCUT2D eigenvalue weighted by atomic mass is 10.2. The number of carboxylic acids is 1. The Morgan fingerprint density at radius 2 is 1.41 bits per heavy atom. The first-order valence-corrected chi connectivity index (χ1v) is 8.15. The van der Waals surface area contributed by atoms with Gasteiger partial charge in [0.25, 0.3) is 0 Å². The molecule has 0 saturated heterocycles. The van der Waals surface area contributed by atoms with E-state index in [-0.39, 0.29) is 12.8 Å². The van der Waals surface area contributed by atoms with E-state index >= 15 is 0 Å². The fraction of sp³-hybridized carbons (Fsp3) is 0.875. The van der Waals surface area contributed by atoms with Crippen LogP contribution in [0.1, 0.15) is 72.1 Å². The van der Waals surface area contributed by atoms with Crippen LogP contribution in [0.2, 0.25) is 0 Å². The Kier molecular flexibility index (Phi) is 11.8. The molecular weight excluding hydrogens is 288 g/mol. The van der Waals surface area contributed by atoms with E-state index in [1.165, 1.54) is 0 Å². The van der Waals surface area contributed by atoms with Gasteiger partial charge in [0, 0.05) is 19.8 Å². The van der Waals surface area contributed by atoms with E-state index in [1.54, 1.807) is 6.92 Å². The molecule has 0 spiro atoms. The monoisotopic (exact) mass is 318 g/mol. The molecule has 0 fully saturated rings. The van der Waals surface area contributed by atoms with Gasteiger partial charge in [-0.05, 0) is 25.7 Å². The van der Waals surface area contributed by atoms with Crippen LogP contribution in [-0.2, 0) is 23.8 Å². The molecule has 130 valence electrons. The summed E-state index contributed by atoms with van der Waals surface area (Å²) in [5, 5.41) is 8.55. The predicted molar refractivity (Wildman–Crippen MR) is 82.3 cm³/mol. The number of esters is 1. The van der Waals surface area contributed by atoms with Crippen molar-refractivity contribution in [3.05, 3.63) is 0 Å². The highest BCUT2D eigenvalue weighted by molar-refractivity contribution is 5.70. The number of carboxylic acid groups (broad SMARTS) is 1. The van der Waals surface area contributed by atoms with E-state index in [0.29, 0.717) is 26.1 Å². The fourth-order valence-electron chi connectivity index (χ4n) is 1.71. The average molecular weight is 318 g/mol. The van der Waals surface area contributed by atoms with Crippen LogP contribution in [0.15, 0.2) is 0 Å². The second-order valence-electron chi connectivity index (χ2n) is 5.34. The molecule has 0 aromatic carbocycles. The van der Waals surface area contributed by atoms with Crippen molar-refractivity contribution in [2.75, 3.05) is 13.2 Å². The molecule has 0 aromatic rings. The van der Waals surface area contributed by atoms with Crippen LogP contribution in [0.5, 0.6) is 0 Å². The molecule has 0 heterocycles. The van der Waals surface area contributed by atoms with Crippen molar-refractivity contribution in [2.45, 2.75) is 78.1 Å². The minimum atomic E-state index is -1.35. The van der Waals surface area contributed by atoms with Crippen molar-refractivity contribution < 1.29 is 28.9 Å². The number of carbonyl (C=O) groups excluding carboxylic acids is 1. The van der Waals surface area contributed by atoms with E-state index in [4.69, 9.17) is 19.3 Å². The van der Waals surface area contributed by atoms with Gasteiger partial charge in [-0.1, -0.05) is 26.7 Å². The molecule has 0 atom stereocenters. The number of rotatable bonds is 14. The number of aliphatic carboxylic acids is 1. The van der Waals surface area contributed by atoms with Crippen LogP contribution in [0.4, 0.5) is 0 Å². The Balaban J connectivity index is 4.22. The maximum absolute atomic E-state index is 11.8. The van der Waals surface area contributed by atoms with Gasteiger partial charge in [0.05, 0.1) is 13.2 Å². The molecule has 0 rings (SSSR count). The zero-order chi connectivity index (χ0) is 16.8. The molecule has 0 radical (unpaired) electrons. The largest absolute Gasteiger partial charge is 0.481 e. The maximum Gasteiger partial charge on any atom is 0.326 e. The van der Waals surface area contributed by atoms with E-state index in [0.717, 1.165) is 25.7 Å². The third kappa shape index (κ3) is 11.5. The quantitative estimate of drug-likeness (QED) is 0.300. The minimum absolute atomic E-state index is 0.0601. The summed E-state index contributed by atoms with van der Waals surface area (Å²) in [6.45, 7) is 6.63. The summed E-state index contributed by atoms with van der Waals surface area (Å²) in [5.74, 6) is -2.64. The first-order valence-electron chi connectivity index (χ1n) is 8.15. The van der Waals surface area contributed by atoms with Gasteiger partial charge in [0.1, 0.15) is 0 Å². The van der Waals surface area contributed by atoms with Gasteiger partial charge in [0.2, 0.25) is 0 Å². The molecule has 0 aliphatic rings. The van der Waals surface area contributed by atoms with Crippen molar-refractivity contribution >= 4 is 11.9 Å². The molecular formula is C16H30O6. The molecule has 0 aromatic heterocycles. The van der Waals surface area contributed by atoms with E-state index in [2.05, 4.69) is 0 Å². The zero-order valence-electron chi connectivity index (χ0n) is 14.1. The van der Waals surface area contributed by atoms with Crippen molar-refractivity contribution in [3.8, 4) is 0 Å². The van der Waals surface area contributed by atoms with Crippen molar-refractivity contribution in [1.29, 1.82) is 0 Å². The van der Waals surface area contributed by atoms with Crippen LogP contribution in [0.3, 0.4) is 0 Å². The molecule has 6 nitrogen and oxygen atoms in total. The molecule has 6 heteroatoms. The van der Waals surface area contributed by atoms with Crippen LogP contribution >= 0.6 is 0 Å². The van der Waals surface area contributed by atoms with Crippen molar-refractivity contribution in [3.63, 3.8) is 0 Å². The number of hydrogen-bond donors (Lipinski definition) is 1. The topological polar surface area (TPSA) is 82.1 Å². The first-order chi connectivity index (χ1) is 10.4. The van der Waals surface area contributed by atoms with Gasteiger partial charge < -0.3 is 19.3 Å². The average Bonchev–Trinajstić information content (AvgIpc) is 2.44. The third-order valence-corrected chi connectivity index (χ3v) is 3.05. The van der Waals surface area contributed by atoms with Crippen LogP contribution in [0, 0.1) is 0 Å². The van der Waals surface area contributed by atoms with E-state index < -0.39 is 17.9 Å². The van der Waals surface area contributed by atoms with Gasteiger partial charge in [-0.15, -0.1) is 0 Å². The molecule has 0 aliphatic heterocycles. The molecule has 1 N–H and O–H groups in total. The van der Waals surface area contributed by atoms with E-state index in [9.17, 15) is 9.59 Å². The third-order valence-electron chi connectivity index (χ3n) is 3.05. The summed E-state index contributed by atoms with van der Waals surface area (Å²) in [5.41, 5.74) is 0. The Morgan fingerprint density at radius 3 is 1.86 bits per heavy atom. The lowest BCUT2D eigenvalue weighted by Crippen LogP contribution is -2.38. The second-order valence-corrected chi connectivity index (χ2v) is 5.34. The summed E-state index contributed by atoms with van der Waals surface area (Å²) in [4.78, 5) is 22.2. The standard InChI is InChI=1S/C16H30O6/c1-4-6-12-20-16(3,21-13-7-5-2)22-15(19)11-9-8-10-14(17)18/h4-13H2,1-3H3,(H,17,18). The molecule has 0 aliphatic carbocycles. The summed E-state index contributed by atoms with van der Waals surface area (Å²) in [6, 6.07) is 0. The van der Waals surface area contributed by atoms with E-state index in [1.807, 2.05) is 13.8 Å². The van der Waals surface area contributed by atoms with Gasteiger partial charge in [-0.2, -0.15) is 0 Å². The highest BCUT2D eigenvalue weighted by Gasteiger charge is 2.30. The molecule has 0 saturated carbocycles. The number of hydrogen-bond acceptors (Lipinski definition) is 5. The number of ether oxygens (including phenoxy) is 3. The normalized spacial score (nSPS) is 11.4. The number of carbonyl (C=O) groups is 2. The summed E-state index contributed by atoms with van der Waals surface area (Å²) in [7, 11) is 0. The lowest BCUT2D eigenvalue weighted by molar-refractivity contribution is -0.352. The van der Waals surface area contributed by atoms with Gasteiger partial charge in [-0.25, -0.2) is 0 Å². The Hall–Kier alpha value is -1.14. The van der Waals surface area contributed by atoms with Crippen LogP contribution in [-0.4, -0.2) is 36.2 Å². The molecule has 0 unspecified atom stereocenters. The smallest absolute Gasteiger partial charge is 0.326 e. The SMILES string of the molecule is CCCCOC(C)(OCCCC)OC(=O)CCCCC(=O)O. The first kappa shape index (κ1) is 20.9. The summed E-state index contributed by atoms with van der Waals surface area (Å²) >= 11 is 0. The van der Waals surface area contributed by atoms with Gasteiger partial charge >= 0.3 is 17.9 Å². The maximum atomic E-state index is 11.8. The number of unbranched alkanes of at least 4 members (excludes halogenated alkanes) is 3. The predicted octanol–water partition coefficient (Wildman–Crippen LogP) is 3.48. The van der Waals surface area contributed by atoms with Crippen molar-refractivity contribution in [2.24, 2.45) is 0 Å². The summed E-state index contributed by atoms with van der Waals surface area (Å²) in [6.07, 6.45) is 4.84. The second kappa shape index (κ2) is 12.4. The summed E-state index contributed by atoms with van der Waals surface area (Å²) < 4.78 is 16.5. The molecule has 0 bridgehead atoms. The van der Waals surface area contributed by atoms with Crippen LogP contribution < -0.4 is 0 Å². The minimum Gasteiger partial charge on any atom is -0.481 e. The lowest BCUT2D eigenvalue weighted by Gasteiger charge is -2.29. The fourth-order valence-corrected chi connectivity index (χ4v) is 1.71. The van der Waals surface area contributed by atoms with Gasteiger partial charge in [-0.3, -0.25) is 9.59 Å². The van der Waals surface area contributed by atoms with Crippen LogP contribution in [0.25, 0.3) is 0 Å². The highest BCUT2D eigenvalue weighted by atomic mass is 16.9.